The summed E-state index contributed by atoms with van der Waals surface area (Å²) in [6.07, 6.45) is 4.77. The molecule has 0 bridgehead atoms. The van der Waals surface area contributed by atoms with Gasteiger partial charge in [-0.25, -0.2) is 4.39 Å². The molecule has 0 saturated carbocycles. The molecule has 1 unspecified atom stereocenters. The van der Waals surface area contributed by atoms with Crippen molar-refractivity contribution in [1.82, 2.24) is 5.32 Å². The van der Waals surface area contributed by atoms with Gasteiger partial charge in [0.1, 0.15) is 11.6 Å². The van der Waals surface area contributed by atoms with Gasteiger partial charge in [0.2, 0.25) is 0 Å². The molecule has 0 radical (unpaired) electrons. The van der Waals surface area contributed by atoms with Crippen LogP contribution in [-0.4, -0.2) is 25.5 Å². The Morgan fingerprint density at radius 1 is 1.42 bits per heavy atom. The highest BCUT2D eigenvalue weighted by molar-refractivity contribution is 5.99. The molecule has 1 atom stereocenters. The molecule has 19 heavy (non-hydrogen) atoms. The topological polar surface area (TPSA) is 38.3 Å². The third-order valence-electron chi connectivity index (χ3n) is 3.57. The third-order valence-corrected chi connectivity index (χ3v) is 3.57. The Morgan fingerprint density at radius 2 is 2.26 bits per heavy atom. The minimum atomic E-state index is -0.502. The normalized spacial score (nSPS) is 19.8. The van der Waals surface area contributed by atoms with Gasteiger partial charge in [0.15, 0.2) is 5.78 Å². The first-order chi connectivity index (χ1) is 9.22. The van der Waals surface area contributed by atoms with Gasteiger partial charge in [-0.3, -0.25) is 4.79 Å². The molecule has 0 amide bonds. The second kappa shape index (κ2) is 6.66. The van der Waals surface area contributed by atoms with Gasteiger partial charge < -0.3 is 10.1 Å². The molecule has 0 aliphatic carbocycles. The van der Waals surface area contributed by atoms with Gasteiger partial charge in [0.05, 0.1) is 12.7 Å². The molecular formula is C15H20FNO2. The van der Waals surface area contributed by atoms with Crippen LogP contribution in [0.1, 0.15) is 42.5 Å². The Kier molecular flexibility index (Phi) is 4.91. The van der Waals surface area contributed by atoms with Crippen LogP contribution in [-0.2, 0) is 0 Å². The van der Waals surface area contributed by atoms with E-state index in [1.165, 1.54) is 19.6 Å². The fourth-order valence-electron chi connectivity index (χ4n) is 2.55. The lowest BCUT2D eigenvalue weighted by Gasteiger charge is -2.16. The number of carbonyl (C=O) groups excluding carboxylic acids is 1. The molecule has 0 aromatic heterocycles. The van der Waals surface area contributed by atoms with Crippen LogP contribution < -0.4 is 10.1 Å². The molecule has 1 aliphatic rings. The Labute approximate surface area is 113 Å². The minimum Gasteiger partial charge on any atom is -0.496 e. The van der Waals surface area contributed by atoms with Crippen LogP contribution in [0.4, 0.5) is 4.39 Å². The van der Waals surface area contributed by atoms with Crippen molar-refractivity contribution in [3.05, 3.63) is 29.6 Å². The van der Waals surface area contributed by atoms with E-state index in [0.717, 1.165) is 25.8 Å². The molecule has 1 heterocycles. The number of halogens is 1. The van der Waals surface area contributed by atoms with Crippen molar-refractivity contribution in [3.8, 4) is 5.75 Å². The van der Waals surface area contributed by atoms with Gasteiger partial charge in [-0.05, 0) is 31.5 Å². The largest absolute Gasteiger partial charge is 0.496 e. The fourth-order valence-corrected chi connectivity index (χ4v) is 2.55. The number of nitrogens with one attached hydrogen (secondary N) is 1. The smallest absolute Gasteiger partial charge is 0.171 e. The number of ketones is 1. The maximum absolute atomic E-state index is 13.8. The van der Waals surface area contributed by atoms with E-state index in [1.807, 2.05) is 0 Å². The van der Waals surface area contributed by atoms with Gasteiger partial charge >= 0.3 is 0 Å². The molecule has 1 aromatic carbocycles. The van der Waals surface area contributed by atoms with Crippen LogP contribution in [0.25, 0.3) is 0 Å². The lowest BCUT2D eigenvalue weighted by atomic mass is 9.99. The molecule has 2 rings (SSSR count). The summed E-state index contributed by atoms with van der Waals surface area (Å²) in [4.78, 5) is 12.3. The standard InChI is InChI=1S/C15H20FNO2/c1-19-14-8-5-7-12(16)15(14)13(18)10-11-6-3-2-4-9-17-11/h5,7-8,11,17H,2-4,6,9-10H2,1H3. The molecule has 1 saturated heterocycles. The Morgan fingerprint density at radius 3 is 3.05 bits per heavy atom. The highest BCUT2D eigenvalue weighted by atomic mass is 19.1. The van der Waals surface area contributed by atoms with Gasteiger partial charge in [-0.2, -0.15) is 0 Å². The van der Waals surface area contributed by atoms with E-state index in [1.54, 1.807) is 12.1 Å². The van der Waals surface area contributed by atoms with E-state index in [-0.39, 0.29) is 17.4 Å². The zero-order valence-electron chi connectivity index (χ0n) is 11.2. The Bertz CT molecular complexity index is 440. The average molecular weight is 265 g/mol. The zero-order valence-corrected chi connectivity index (χ0v) is 11.2. The maximum Gasteiger partial charge on any atom is 0.171 e. The van der Waals surface area contributed by atoms with E-state index in [2.05, 4.69) is 5.32 Å². The molecule has 104 valence electrons. The SMILES string of the molecule is COc1cccc(F)c1C(=O)CC1CCCCCN1. The van der Waals surface area contributed by atoms with Crippen LogP contribution in [0, 0.1) is 5.82 Å². The zero-order chi connectivity index (χ0) is 13.7. The van der Waals surface area contributed by atoms with E-state index in [4.69, 9.17) is 4.74 Å². The number of benzene rings is 1. The average Bonchev–Trinajstić information content (AvgIpc) is 2.66. The van der Waals surface area contributed by atoms with Crippen molar-refractivity contribution in [1.29, 1.82) is 0 Å². The molecule has 0 spiro atoms. The van der Waals surface area contributed by atoms with Crippen LogP contribution >= 0.6 is 0 Å². The summed E-state index contributed by atoms with van der Waals surface area (Å²) in [5, 5.41) is 3.36. The monoisotopic (exact) mass is 265 g/mol. The van der Waals surface area contributed by atoms with E-state index in [9.17, 15) is 9.18 Å². The summed E-state index contributed by atoms with van der Waals surface area (Å²) >= 11 is 0. The minimum absolute atomic E-state index is 0.0797. The number of Topliss-reactive ketones (excluding diaryl/α,β-unsaturated/α-hetero) is 1. The molecule has 1 fully saturated rings. The van der Waals surface area contributed by atoms with Crippen LogP contribution in [0.15, 0.2) is 18.2 Å². The maximum atomic E-state index is 13.8. The highest BCUT2D eigenvalue weighted by Gasteiger charge is 2.21. The van der Waals surface area contributed by atoms with Crippen LogP contribution in [0.3, 0.4) is 0 Å². The summed E-state index contributed by atoms with van der Waals surface area (Å²) in [5.41, 5.74) is 0.0797. The molecule has 1 aromatic rings. The number of hydrogen-bond acceptors (Lipinski definition) is 3. The Hall–Kier alpha value is -1.42. The van der Waals surface area contributed by atoms with Crippen molar-refractivity contribution >= 4 is 5.78 Å². The van der Waals surface area contributed by atoms with Crippen molar-refractivity contribution < 1.29 is 13.9 Å². The van der Waals surface area contributed by atoms with E-state index < -0.39 is 5.82 Å². The molecule has 4 heteroatoms. The first-order valence-electron chi connectivity index (χ1n) is 6.81. The summed E-state index contributed by atoms with van der Waals surface area (Å²) in [6.45, 7) is 0.937. The Balaban J connectivity index is 2.10. The van der Waals surface area contributed by atoms with E-state index >= 15 is 0 Å². The molecule has 1 aliphatic heterocycles. The number of ether oxygens (including phenoxy) is 1. The van der Waals surface area contributed by atoms with Crippen LogP contribution in [0.2, 0.25) is 0 Å². The van der Waals surface area contributed by atoms with Gasteiger partial charge in [0, 0.05) is 12.5 Å². The van der Waals surface area contributed by atoms with E-state index in [0.29, 0.717) is 12.2 Å². The summed E-state index contributed by atoms with van der Waals surface area (Å²) in [7, 11) is 1.45. The molecular weight excluding hydrogens is 245 g/mol. The summed E-state index contributed by atoms with van der Waals surface area (Å²) in [6, 6.07) is 4.63. The summed E-state index contributed by atoms with van der Waals surface area (Å²) in [5.74, 6) is -0.369. The van der Waals surface area contributed by atoms with Gasteiger partial charge in [-0.1, -0.05) is 18.9 Å². The number of methoxy groups -OCH3 is 1. The second-order valence-electron chi connectivity index (χ2n) is 4.94. The van der Waals surface area contributed by atoms with Gasteiger partial charge in [-0.15, -0.1) is 0 Å². The first-order valence-corrected chi connectivity index (χ1v) is 6.81. The first kappa shape index (κ1) is 14.0. The lowest BCUT2D eigenvalue weighted by Crippen LogP contribution is -2.30. The third kappa shape index (κ3) is 3.53. The molecule has 3 nitrogen and oxygen atoms in total. The second-order valence-corrected chi connectivity index (χ2v) is 4.94. The number of carbonyl (C=O) groups is 1. The summed E-state index contributed by atoms with van der Waals surface area (Å²) < 4.78 is 18.9. The predicted octanol–water partition coefficient (Wildman–Crippen LogP) is 2.94. The molecule has 1 N–H and O–H groups in total. The van der Waals surface area contributed by atoms with Crippen molar-refractivity contribution in [2.75, 3.05) is 13.7 Å². The van der Waals surface area contributed by atoms with Crippen LogP contribution in [0.5, 0.6) is 5.75 Å². The highest BCUT2D eigenvalue weighted by Crippen LogP contribution is 2.24. The predicted molar refractivity (Wildman–Crippen MR) is 72.2 cm³/mol. The number of hydrogen-bond donors (Lipinski definition) is 1. The fraction of sp³-hybridized carbons (Fsp3) is 0.533. The van der Waals surface area contributed by atoms with Crippen molar-refractivity contribution in [3.63, 3.8) is 0 Å². The number of rotatable bonds is 4. The van der Waals surface area contributed by atoms with Gasteiger partial charge in [0.25, 0.3) is 0 Å². The quantitative estimate of drug-likeness (QED) is 0.851. The van der Waals surface area contributed by atoms with Crippen molar-refractivity contribution in [2.45, 2.75) is 38.1 Å². The van der Waals surface area contributed by atoms with Crippen molar-refractivity contribution in [2.24, 2.45) is 0 Å². The lowest BCUT2D eigenvalue weighted by molar-refractivity contribution is 0.0961.